The highest BCUT2D eigenvalue weighted by Gasteiger charge is 2.24. The Labute approximate surface area is 225 Å². The van der Waals surface area contributed by atoms with Crippen molar-refractivity contribution in [2.75, 3.05) is 13.2 Å². The van der Waals surface area contributed by atoms with Crippen molar-refractivity contribution in [2.45, 2.75) is 77.9 Å². The molecule has 0 aliphatic carbocycles. The van der Waals surface area contributed by atoms with Crippen molar-refractivity contribution in [3.05, 3.63) is 83.2 Å². The van der Waals surface area contributed by atoms with Crippen molar-refractivity contribution in [3.8, 4) is 22.3 Å². The van der Waals surface area contributed by atoms with E-state index in [0.717, 1.165) is 32.1 Å². The summed E-state index contributed by atoms with van der Waals surface area (Å²) in [6, 6.07) is 15.2. The Balaban J connectivity index is 1.41. The lowest BCUT2D eigenvalue weighted by Crippen LogP contribution is -2.27. The van der Waals surface area contributed by atoms with Gasteiger partial charge in [-0.1, -0.05) is 101 Å². The Hall–Kier alpha value is -2.63. The molecule has 0 amide bonds. The second-order valence-corrected chi connectivity index (χ2v) is 10.4. The number of aryl methyl sites for hydroxylation is 1. The summed E-state index contributed by atoms with van der Waals surface area (Å²) in [4.78, 5) is 0. The zero-order valence-electron chi connectivity index (χ0n) is 22.6. The fourth-order valence-corrected chi connectivity index (χ4v) is 5.07. The van der Waals surface area contributed by atoms with Gasteiger partial charge in [0.25, 0.3) is 0 Å². The van der Waals surface area contributed by atoms with E-state index in [2.05, 4.69) is 13.8 Å². The van der Waals surface area contributed by atoms with E-state index in [0.29, 0.717) is 53.4 Å². The molecule has 3 aromatic carbocycles. The molecule has 0 saturated carbocycles. The van der Waals surface area contributed by atoms with Crippen molar-refractivity contribution < 1.29 is 22.6 Å². The van der Waals surface area contributed by atoms with Crippen molar-refractivity contribution in [3.63, 3.8) is 0 Å². The van der Waals surface area contributed by atoms with Crippen molar-refractivity contribution >= 4 is 0 Å². The minimum absolute atomic E-state index is 0.210. The van der Waals surface area contributed by atoms with E-state index in [1.54, 1.807) is 42.5 Å². The van der Waals surface area contributed by atoms with E-state index >= 15 is 4.39 Å². The molecule has 3 aromatic rings. The molecular formula is C33H39F3O2. The number of halogens is 3. The van der Waals surface area contributed by atoms with Crippen LogP contribution in [0.5, 0.6) is 0 Å². The molecule has 0 spiro atoms. The average molecular weight is 525 g/mol. The van der Waals surface area contributed by atoms with Crippen LogP contribution in [-0.2, 0) is 15.9 Å². The first kappa shape index (κ1) is 28.4. The summed E-state index contributed by atoms with van der Waals surface area (Å²) in [6.45, 7) is 5.55. The molecule has 0 aromatic heterocycles. The Kier molecular flexibility index (Phi) is 10.4. The molecule has 1 aliphatic heterocycles. The van der Waals surface area contributed by atoms with Crippen LogP contribution in [0.25, 0.3) is 22.3 Å². The summed E-state index contributed by atoms with van der Waals surface area (Å²) >= 11 is 0. The Morgan fingerprint density at radius 3 is 1.97 bits per heavy atom. The largest absolute Gasteiger partial charge is 0.348 e. The quantitative estimate of drug-likeness (QED) is 0.220. The zero-order valence-corrected chi connectivity index (χ0v) is 22.6. The van der Waals surface area contributed by atoms with Gasteiger partial charge in [0.15, 0.2) is 17.9 Å². The number of hydrogen-bond acceptors (Lipinski definition) is 2. The molecular weight excluding hydrogens is 485 g/mol. The molecule has 0 bridgehead atoms. The maximum atomic E-state index is 15.1. The number of unbranched alkanes of at least 4 members (excludes halogenated alkanes) is 5. The minimum atomic E-state index is -0.832. The lowest BCUT2D eigenvalue weighted by atomic mass is 9.97. The lowest BCUT2D eigenvalue weighted by molar-refractivity contribution is -0.206. The van der Waals surface area contributed by atoms with E-state index in [1.807, 2.05) is 6.07 Å². The summed E-state index contributed by atoms with van der Waals surface area (Å²) in [5, 5.41) is 0. The van der Waals surface area contributed by atoms with Crippen LogP contribution in [0.4, 0.5) is 13.2 Å². The van der Waals surface area contributed by atoms with E-state index < -0.39 is 17.9 Å². The van der Waals surface area contributed by atoms with Gasteiger partial charge in [0, 0.05) is 22.6 Å². The van der Waals surface area contributed by atoms with E-state index in [9.17, 15) is 8.78 Å². The first-order valence-electron chi connectivity index (χ1n) is 14.1. The van der Waals surface area contributed by atoms with Crippen LogP contribution in [0.1, 0.15) is 82.6 Å². The summed E-state index contributed by atoms with van der Waals surface area (Å²) in [5.41, 5.74) is 2.93. The van der Waals surface area contributed by atoms with Gasteiger partial charge >= 0.3 is 0 Å². The molecule has 1 heterocycles. The van der Waals surface area contributed by atoms with E-state index in [1.165, 1.54) is 25.3 Å². The van der Waals surface area contributed by atoms with Gasteiger partial charge in [-0.15, -0.1) is 0 Å². The summed E-state index contributed by atoms with van der Waals surface area (Å²) < 4.78 is 56.4. The highest BCUT2D eigenvalue weighted by atomic mass is 19.2. The summed E-state index contributed by atoms with van der Waals surface area (Å²) in [7, 11) is 0. The SMILES string of the molecule is CCCCCCc1ccc(-c2ccc(-c3ccc(C4OCC(CCCCC)CO4)cc3F)cc2)c(F)c1F. The maximum Gasteiger partial charge on any atom is 0.183 e. The minimum Gasteiger partial charge on any atom is -0.348 e. The van der Waals surface area contributed by atoms with Gasteiger partial charge in [0.05, 0.1) is 13.2 Å². The molecule has 1 aliphatic rings. The fraction of sp³-hybridized carbons (Fsp3) is 0.455. The normalized spacial score (nSPS) is 17.6. The first-order valence-corrected chi connectivity index (χ1v) is 14.1. The Bertz CT molecular complexity index is 1170. The number of benzene rings is 3. The number of ether oxygens (including phenoxy) is 2. The van der Waals surface area contributed by atoms with Gasteiger partial charge in [-0.3, -0.25) is 0 Å². The van der Waals surface area contributed by atoms with Gasteiger partial charge in [-0.05, 0) is 42.0 Å². The standard InChI is InChI=1S/C33H39F3O2/c1-3-5-7-9-11-26-16-19-29(32(36)31(26)35)25-14-12-24(13-15-25)28-18-17-27(20-30(28)34)33-37-21-23(22-38-33)10-8-6-4-2/h12-20,23,33H,3-11,21-22H2,1-2H3. The van der Waals surface area contributed by atoms with Gasteiger partial charge in [0.1, 0.15) is 5.82 Å². The molecule has 0 unspecified atom stereocenters. The van der Waals surface area contributed by atoms with E-state index in [-0.39, 0.29) is 11.4 Å². The third-order valence-corrected chi connectivity index (χ3v) is 7.42. The molecule has 38 heavy (non-hydrogen) atoms. The lowest BCUT2D eigenvalue weighted by Gasteiger charge is -2.29. The molecule has 1 fully saturated rings. The van der Waals surface area contributed by atoms with Crippen molar-refractivity contribution in [2.24, 2.45) is 5.92 Å². The van der Waals surface area contributed by atoms with Crippen LogP contribution in [0.15, 0.2) is 54.6 Å². The zero-order chi connectivity index (χ0) is 26.9. The first-order chi connectivity index (χ1) is 18.5. The van der Waals surface area contributed by atoms with Crippen LogP contribution < -0.4 is 0 Å². The average Bonchev–Trinajstić information content (AvgIpc) is 2.94. The maximum absolute atomic E-state index is 15.1. The van der Waals surface area contributed by atoms with Gasteiger partial charge in [-0.2, -0.15) is 0 Å². The molecule has 0 atom stereocenters. The van der Waals surface area contributed by atoms with Crippen LogP contribution >= 0.6 is 0 Å². The van der Waals surface area contributed by atoms with Crippen LogP contribution in [0.2, 0.25) is 0 Å². The van der Waals surface area contributed by atoms with Gasteiger partial charge < -0.3 is 9.47 Å². The summed E-state index contributed by atoms with van der Waals surface area (Å²) in [5.74, 6) is -1.59. The monoisotopic (exact) mass is 524 g/mol. The molecule has 2 nitrogen and oxygen atoms in total. The van der Waals surface area contributed by atoms with Crippen LogP contribution in [0, 0.1) is 23.4 Å². The fourth-order valence-electron chi connectivity index (χ4n) is 5.07. The predicted octanol–water partition coefficient (Wildman–Crippen LogP) is 9.80. The second kappa shape index (κ2) is 14.0. The van der Waals surface area contributed by atoms with Gasteiger partial charge in [-0.25, -0.2) is 13.2 Å². The third kappa shape index (κ3) is 7.06. The predicted molar refractivity (Wildman–Crippen MR) is 147 cm³/mol. The van der Waals surface area contributed by atoms with Crippen LogP contribution in [-0.4, -0.2) is 13.2 Å². The molecule has 204 valence electrons. The highest BCUT2D eigenvalue weighted by Crippen LogP contribution is 2.33. The smallest absolute Gasteiger partial charge is 0.183 e. The molecule has 1 saturated heterocycles. The second-order valence-electron chi connectivity index (χ2n) is 10.4. The summed E-state index contributed by atoms with van der Waals surface area (Å²) in [6.07, 6.45) is 8.69. The van der Waals surface area contributed by atoms with Gasteiger partial charge in [0.2, 0.25) is 0 Å². The topological polar surface area (TPSA) is 18.5 Å². The Morgan fingerprint density at radius 2 is 1.32 bits per heavy atom. The van der Waals surface area contributed by atoms with E-state index in [4.69, 9.17) is 9.47 Å². The third-order valence-electron chi connectivity index (χ3n) is 7.42. The highest BCUT2D eigenvalue weighted by molar-refractivity contribution is 5.71. The van der Waals surface area contributed by atoms with Crippen molar-refractivity contribution in [1.82, 2.24) is 0 Å². The van der Waals surface area contributed by atoms with Crippen LogP contribution in [0.3, 0.4) is 0 Å². The molecule has 0 radical (unpaired) electrons. The number of hydrogen-bond donors (Lipinski definition) is 0. The van der Waals surface area contributed by atoms with Crippen molar-refractivity contribution in [1.29, 1.82) is 0 Å². The molecule has 5 heteroatoms. The molecule has 0 N–H and O–H groups in total. The molecule has 4 rings (SSSR count). The number of rotatable bonds is 12. The Morgan fingerprint density at radius 1 is 0.684 bits per heavy atom.